The highest BCUT2D eigenvalue weighted by Gasteiger charge is 2.16. The van der Waals surface area contributed by atoms with E-state index in [1.165, 1.54) is 12.1 Å². The van der Waals surface area contributed by atoms with Gasteiger partial charge in [-0.25, -0.2) is 9.37 Å². The third kappa shape index (κ3) is 3.28. The fourth-order valence-electron chi connectivity index (χ4n) is 4.18. The van der Waals surface area contributed by atoms with Gasteiger partial charge >= 0.3 is 0 Å². The van der Waals surface area contributed by atoms with E-state index in [1.807, 2.05) is 31.2 Å². The Hall–Kier alpha value is -4.59. The fourth-order valence-corrected chi connectivity index (χ4v) is 4.18. The number of nitrogens with two attached hydrogens (primary N) is 1. The van der Waals surface area contributed by atoms with Crippen LogP contribution in [0, 0.1) is 12.7 Å². The summed E-state index contributed by atoms with van der Waals surface area (Å²) >= 11 is 0. The Morgan fingerprint density at radius 1 is 0.818 bits per heavy atom. The second kappa shape index (κ2) is 7.23. The summed E-state index contributed by atoms with van der Waals surface area (Å²) in [6.45, 7) is 1.87. The largest absolute Gasteiger partial charge is 0.397 e. The number of rotatable bonds is 3. The number of fused-ring (bicyclic) bond motifs is 2. The van der Waals surface area contributed by atoms with Gasteiger partial charge in [-0.1, -0.05) is 6.07 Å². The van der Waals surface area contributed by atoms with Gasteiger partial charge in [0, 0.05) is 52.3 Å². The smallest absolute Gasteiger partial charge is 0.155 e. The summed E-state index contributed by atoms with van der Waals surface area (Å²) in [7, 11) is 0. The molecule has 0 amide bonds. The molecule has 0 saturated carbocycles. The summed E-state index contributed by atoms with van der Waals surface area (Å²) in [6, 6.07) is 10.9. The van der Waals surface area contributed by atoms with Gasteiger partial charge in [-0.3, -0.25) is 15.1 Å². The van der Waals surface area contributed by atoms with Crippen LogP contribution in [0.15, 0.2) is 67.4 Å². The number of anilines is 1. The minimum absolute atomic E-state index is 0.273. The van der Waals surface area contributed by atoms with Gasteiger partial charge in [-0.05, 0) is 48.4 Å². The van der Waals surface area contributed by atoms with E-state index >= 15 is 0 Å². The quantitative estimate of drug-likeness (QED) is 0.351. The highest BCUT2D eigenvalue weighted by molar-refractivity contribution is 6.00. The van der Waals surface area contributed by atoms with Gasteiger partial charge in [0.1, 0.15) is 11.5 Å². The van der Waals surface area contributed by atoms with E-state index in [0.29, 0.717) is 11.3 Å². The molecule has 7 nitrogen and oxygen atoms in total. The predicted molar refractivity (Wildman–Crippen MR) is 127 cm³/mol. The van der Waals surface area contributed by atoms with E-state index < -0.39 is 0 Å². The third-order valence-corrected chi connectivity index (χ3v) is 5.66. The molecule has 0 unspecified atom stereocenters. The van der Waals surface area contributed by atoms with Crippen molar-refractivity contribution in [3.8, 4) is 33.6 Å². The van der Waals surface area contributed by atoms with Crippen LogP contribution in [-0.2, 0) is 0 Å². The molecule has 160 valence electrons. The second-order valence-corrected chi connectivity index (χ2v) is 8.05. The van der Waals surface area contributed by atoms with Crippen molar-refractivity contribution in [2.24, 2.45) is 0 Å². The van der Waals surface area contributed by atoms with E-state index in [-0.39, 0.29) is 5.82 Å². The van der Waals surface area contributed by atoms with Crippen LogP contribution in [0.2, 0.25) is 0 Å². The van der Waals surface area contributed by atoms with E-state index in [4.69, 9.17) is 5.73 Å². The van der Waals surface area contributed by atoms with Crippen LogP contribution in [0.1, 0.15) is 5.56 Å². The van der Waals surface area contributed by atoms with Crippen molar-refractivity contribution in [2.45, 2.75) is 6.92 Å². The van der Waals surface area contributed by atoms with Crippen molar-refractivity contribution in [2.75, 3.05) is 5.73 Å². The Morgan fingerprint density at radius 3 is 2.52 bits per heavy atom. The lowest BCUT2D eigenvalue weighted by Crippen LogP contribution is -1.88. The number of nitrogens with one attached hydrogen (secondary N) is 2. The van der Waals surface area contributed by atoms with Gasteiger partial charge in [0.25, 0.3) is 0 Å². The van der Waals surface area contributed by atoms with Crippen LogP contribution in [0.3, 0.4) is 0 Å². The molecule has 0 aliphatic heterocycles. The van der Waals surface area contributed by atoms with Crippen molar-refractivity contribution >= 4 is 27.6 Å². The number of aryl methyl sites for hydroxylation is 1. The summed E-state index contributed by atoms with van der Waals surface area (Å²) in [5, 5.41) is 9.29. The molecule has 0 aliphatic rings. The van der Waals surface area contributed by atoms with Gasteiger partial charge in [-0.15, -0.1) is 0 Å². The first-order valence-corrected chi connectivity index (χ1v) is 10.3. The molecule has 33 heavy (non-hydrogen) atoms. The Kier molecular flexibility index (Phi) is 4.19. The molecule has 5 heterocycles. The SMILES string of the molecule is Cc1cc(F)cc(-c2cncc3[nH]c(-c4n[nH]c5ncc(-c6cncc(N)c6)cc45)cc23)c1. The monoisotopic (exact) mass is 435 g/mol. The molecule has 0 bridgehead atoms. The first kappa shape index (κ1) is 19.1. The molecule has 0 spiro atoms. The minimum atomic E-state index is -0.273. The van der Waals surface area contributed by atoms with Crippen LogP contribution in [0.25, 0.3) is 55.6 Å². The number of halogens is 1. The molecule has 0 radical (unpaired) electrons. The minimum Gasteiger partial charge on any atom is -0.397 e. The zero-order valence-corrected chi connectivity index (χ0v) is 17.6. The van der Waals surface area contributed by atoms with Crippen LogP contribution in [-0.4, -0.2) is 30.1 Å². The summed E-state index contributed by atoms with van der Waals surface area (Å²) in [6.07, 6.45) is 8.63. The molecule has 5 aromatic heterocycles. The Balaban J connectivity index is 1.51. The summed E-state index contributed by atoms with van der Waals surface area (Å²) in [5.74, 6) is -0.273. The van der Waals surface area contributed by atoms with Crippen molar-refractivity contribution in [3.05, 3.63) is 78.8 Å². The fraction of sp³-hybridized carbons (Fsp3) is 0.0400. The lowest BCUT2D eigenvalue weighted by Gasteiger charge is -2.05. The molecule has 0 fully saturated rings. The maximum atomic E-state index is 14.1. The van der Waals surface area contributed by atoms with E-state index in [0.717, 1.165) is 55.5 Å². The zero-order chi connectivity index (χ0) is 22.5. The first-order valence-electron chi connectivity index (χ1n) is 10.3. The van der Waals surface area contributed by atoms with Crippen molar-refractivity contribution in [1.29, 1.82) is 0 Å². The molecule has 6 rings (SSSR count). The summed E-state index contributed by atoms with van der Waals surface area (Å²) < 4.78 is 14.1. The van der Waals surface area contributed by atoms with E-state index in [2.05, 4.69) is 30.1 Å². The lowest BCUT2D eigenvalue weighted by atomic mass is 10.0. The molecular weight excluding hydrogens is 417 g/mol. The maximum absolute atomic E-state index is 14.1. The number of nitrogens with zero attached hydrogens (tertiary/aromatic N) is 4. The summed E-state index contributed by atoms with van der Waals surface area (Å²) in [5.41, 5.74) is 13.8. The lowest BCUT2D eigenvalue weighted by molar-refractivity contribution is 0.627. The highest BCUT2D eigenvalue weighted by atomic mass is 19.1. The normalized spacial score (nSPS) is 11.5. The van der Waals surface area contributed by atoms with Gasteiger partial charge in [0.15, 0.2) is 5.65 Å². The number of benzene rings is 1. The maximum Gasteiger partial charge on any atom is 0.155 e. The number of aromatic nitrogens is 6. The molecule has 8 heteroatoms. The number of hydrogen-bond donors (Lipinski definition) is 3. The standard InChI is InChI=1S/C25H18FN7/c1-13-2-14(4-17(26)3-13)21-11-29-12-23-19(21)7-22(31-23)24-20-6-16(9-30-25(20)33-32-24)15-5-18(27)10-28-8-15/h2-12,31H,27H2,1H3,(H,30,32,33). The number of nitrogen functional groups attached to an aromatic ring is 1. The van der Waals surface area contributed by atoms with Gasteiger partial charge in [0.2, 0.25) is 0 Å². The summed E-state index contributed by atoms with van der Waals surface area (Å²) in [4.78, 5) is 16.4. The number of pyridine rings is 3. The predicted octanol–water partition coefficient (Wildman–Crippen LogP) is 5.26. The van der Waals surface area contributed by atoms with Crippen LogP contribution >= 0.6 is 0 Å². The van der Waals surface area contributed by atoms with Crippen LogP contribution < -0.4 is 5.73 Å². The van der Waals surface area contributed by atoms with Crippen molar-refractivity contribution in [3.63, 3.8) is 0 Å². The van der Waals surface area contributed by atoms with E-state index in [9.17, 15) is 4.39 Å². The molecule has 4 N–H and O–H groups in total. The molecule has 0 saturated heterocycles. The van der Waals surface area contributed by atoms with Gasteiger partial charge in [-0.2, -0.15) is 5.10 Å². The van der Waals surface area contributed by atoms with Crippen molar-refractivity contribution < 1.29 is 4.39 Å². The first-order chi connectivity index (χ1) is 16.0. The van der Waals surface area contributed by atoms with Gasteiger partial charge < -0.3 is 10.7 Å². The zero-order valence-electron chi connectivity index (χ0n) is 17.6. The topological polar surface area (TPSA) is 109 Å². The average molecular weight is 435 g/mol. The third-order valence-electron chi connectivity index (χ3n) is 5.66. The number of hydrogen-bond acceptors (Lipinski definition) is 5. The Labute approximate surface area is 187 Å². The molecule has 6 aromatic rings. The van der Waals surface area contributed by atoms with Crippen LogP contribution in [0.4, 0.5) is 10.1 Å². The van der Waals surface area contributed by atoms with Crippen molar-refractivity contribution in [1.82, 2.24) is 30.1 Å². The molecular formula is C25H18FN7. The van der Waals surface area contributed by atoms with Gasteiger partial charge in [0.05, 0.1) is 23.1 Å². The number of aromatic amines is 2. The Bertz CT molecular complexity index is 1640. The highest BCUT2D eigenvalue weighted by Crippen LogP contribution is 2.34. The second-order valence-electron chi connectivity index (χ2n) is 8.05. The average Bonchev–Trinajstić information content (AvgIpc) is 3.41. The number of H-pyrrole nitrogens is 2. The Morgan fingerprint density at radius 2 is 1.67 bits per heavy atom. The molecule has 0 atom stereocenters. The van der Waals surface area contributed by atoms with E-state index in [1.54, 1.807) is 31.0 Å². The molecule has 1 aromatic carbocycles. The van der Waals surface area contributed by atoms with Crippen LogP contribution in [0.5, 0.6) is 0 Å². The molecule has 0 aliphatic carbocycles.